The summed E-state index contributed by atoms with van der Waals surface area (Å²) in [4.78, 5) is 40.0. The highest BCUT2D eigenvalue weighted by atomic mass is 31.2. The number of nitrogens with zero attached hydrogens (tertiary/aromatic N) is 1. The van der Waals surface area contributed by atoms with Crippen LogP contribution in [0.4, 0.5) is 0 Å². The summed E-state index contributed by atoms with van der Waals surface area (Å²) in [7, 11) is 1.17. The number of nitrogens with one attached hydrogen (secondary N) is 1. The van der Waals surface area contributed by atoms with Gasteiger partial charge in [0.1, 0.15) is 19.3 Å². The fourth-order valence-corrected chi connectivity index (χ4v) is 9.60. The van der Waals surface area contributed by atoms with Gasteiger partial charge in [-0.1, -0.05) is 253 Å². The molecule has 0 saturated carbocycles. The van der Waals surface area contributed by atoms with Crippen LogP contribution in [0.2, 0.25) is 0 Å². The summed E-state index contributed by atoms with van der Waals surface area (Å²) in [5.74, 6) is -0.559. The highest BCUT2D eigenvalue weighted by Crippen LogP contribution is 2.38. The first-order valence-corrected chi connectivity index (χ1v) is 33.5. The van der Waals surface area contributed by atoms with Crippen molar-refractivity contribution in [2.24, 2.45) is 0 Å². The average molecular weight is 1110 g/mol. The first-order chi connectivity index (χ1) is 37.9. The number of carbonyl (C=O) groups is 2. The minimum Gasteiger partial charge on any atom is -0.756 e. The third-order valence-corrected chi connectivity index (χ3v) is 14.7. The van der Waals surface area contributed by atoms with E-state index in [0.717, 1.165) is 128 Å². The summed E-state index contributed by atoms with van der Waals surface area (Å²) in [6.45, 7) is 6.62. The summed E-state index contributed by atoms with van der Waals surface area (Å²) in [6, 6.07) is -0.900. The van der Waals surface area contributed by atoms with Crippen LogP contribution in [0.5, 0.6) is 0 Å². The lowest BCUT2D eigenvalue weighted by Crippen LogP contribution is -2.47. The fourth-order valence-electron chi connectivity index (χ4n) is 8.88. The molecular weight excluding hydrogens is 988 g/mol. The summed E-state index contributed by atoms with van der Waals surface area (Å²) in [5, 5.41) is 3.03. The van der Waals surface area contributed by atoms with Crippen LogP contribution in [0.25, 0.3) is 0 Å². The van der Waals surface area contributed by atoms with Crippen molar-refractivity contribution in [1.29, 1.82) is 0 Å². The van der Waals surface area contributed by atoms with E-state index in [0.29, 0.717) is 17.4 Å². The molecule has 0 heterocycles. The van der Waals surface area contributed by atoms with E-state index in [1.165, 1.54) is 109 Å². The van der Waals surface area contributed by atoms with E-state index < -0.39 is 26.6 Å². The van der Waals surface area contributed by atoms with E-state index in [-0.39, 0.29) is 24.9 Å². The Hall–Kier alpha value is -3.07. The van der Waals surface area contributed by atoms with Crippen LogP contribution >= 0.6 is 7.82 Å². The van der Waals surface area contributed by atoms with E-state index >= 15 is 0 Å². The number of rotatable bonds is 57. The molecular formula is C68H121N2O7P. The maximum atomic E-state index is 13.6. The molecule has 0 aromatic rings. The third kappa shape index (κ3) is 57.6. The number of hydrogen-bond donors (Lipinski definition) is 1. The highest BCUT2D eigenvalue weighted by molar-refractivity contribution is 7.45. The van der Waals surface area contributed by atoms with Crippen molar-refractivity contribution in [2.75, 3.05) is 40.9 Å². The van der Waals surface area contributed by atoms with Crippen LogP contribution < -0.4 is 10.2 Å². The van der Waals surface area contributed by atoms with Gasteiger partial charge in [-0.05, 0) is 102 Å². The van der Waals surface area contributed by atoms with Crippen LogP contribution in [0.1, 0.15) is 271 Å². The van der Waals surface area contributed by atoms with Crippen molar-refractivity contribution in [3.05, 3.63) is 97.2 Å². The van der Waals surface area contributed by atoms with Crippen molar-refractivity contribution in [2.45, 2.75) is 283 Å². The number of hydrogen-bond acceptors (Lipinski definition) is 7. The van der Waals surface area contributed by atoms with Crippen LogP contribution in [0.3, 0.4) is 0 Å². The summed E-state index contributed by atoms with van der Waals surface area (Å²) < 4.78 is 30.3. The molecule has 0 aromatic heterocycles. The van der Waals surface area contributed by atoms with Gasteiger partial charge in [0, 0.05) is 12.8 Å². The number of quaternary nitrogens is 1. The zero-order valence-electron chi connectivity index (χ0n) is 51.3. The summed E-state index contributed by atoms with van der Waals surface area (Å²) in [6.07, 6.45) is 76.6. The number of amides is 1. The van der Waals surface area contributed by atoms with Crippen LogP contribution in [-0.2, 0) is 27.9 Å². The predicted molar refractivity (Wildman–Crippen MR) is 334 cm³/mol. The fraction of sp³-hybridized carbons (Fsp3) is 0.735. The van der Waals surface area contributed by atoms with Crippen molar-refractivity contribution in [1.82, 2.24) is 5.32 Å². The van der Waals surface area contributed by atoms with Crippen molar-refractivity contribution in [3.63, 3.8) is 0 Å². The predicted octanol–water partition coefficient (Wildman–Crippen LogP) is 19.3. The molecule has 10 heteroatoms. The molecule has 0 radical (unpaired) electrons. The van der Waals surface area contributed by atoms with E-state index in [1.54, 1.807) is 0 Å². The Morgan fingerprint density at radius 1 is 0.462 bits per heavy atom. The Morgan fingerprint density at radius 2 is 0.821 bits per heavy atom. The number of ether oxygens (including phenoxy) is 1. The van der Waals surface area contributed by atoms with Crippen molar-refractivity contribution >= 4 is 19.7 Å². The van der Waals surface area contributed by atoms with Gasteiger partial charge in [0.25, 0.3) is 7.82 Å². The first kappa shape index (κ1) is 74.9. The second kappa shape index (κ2) is 57.2. The SMILES string of the molecule is CC/C=C\C/C=C\C/C=C\C/C=C\C/C=C\CCCCCCCCCCCC(=O)NC(COP(=O)([O-])OCC[N+](C)(C)C)C(/C=C\CCCCCCCCCCCCC)OC(=O)CCCCCCCCC/C=C/C/C=C/CC. The molecule has 78 heavy (non-hydrogen) atoms. The van der Waals surface area contributed by atoms with E-state index in [9.17, 15) is 19.0 Å². The number of esters is 1. The molecule has 0 aliphatic carbocycles. The van der Waals surface area contributed by atoms with Gasteiger partial charge in [0.05, 0.1) is 33.8 Å². The largest absolute Gasteiger partial charge is 0.756 e. The van der Waals surface area contributed by atoms with E-state index in [2.05, 4.69) is 111 Å². The Morgan fingerprint density at radius 3 is 1.23 bits per heavy atom. The van der Waals surface area contributed by atoms with Crippen LogP contribution in [0.15, 0.2) is 97.2 Å². The number of phosphoric ester groups is 1. The van der Waals surface area contributed by atoms with Gasteiger partial charge in [-0.3, -0.25) is 14.2 Å². The summed E-state index contributed by atoms with van der Waals surface area (Å²) in [5.41, 5.74) is 0. The van der Waals surface area contributed by atoms with Crippen LogP contribution in [0, 0.1) is 0 Å². The molecule has 0 aliphatic heterocycles. The quantitative estimate of drug-likeness (QED) is 0.0212. The van der Waals surface area contributed by atoms with Gasteiger partial charge in [0.15, 0.2) is 0 Å². The minimum atomic E-state index is -4.71. The first-order valence-electron chi connectivity index (χ1n) is 32.0. The van der Waals surface area contributed by atoms with Gasteiger partial charge in [-0.2, -0.15) is 0 Å². The standard InChI is InChI=1S/C68H121N2O7P/c1-7-10-13-16-19-22-25-28-30-31-32-33-34-35-36-37-38-39-40-42-45-48-51-54-57-60-67(71)69-65(64-76-78(73,74)75-63-62-70(4,5)6)66(59-56-53-50-47-44-41-27-24-21-18-15-12-9-3)77-68(72)61-58-55-52-49-46-43-29-26-23-20-17-14-11-8-2/h10-11,13-14,19-20,22-23,28,30,32-33,35-36,56,59,65-66H,7-9,12,15-18,21,24-27,29,31,34,37-55,57-58,60-64H2,1-6H3,(H-,69,71,73,74)/b13-10-,14-11+,22-19-,23-20+,30-28-,33-32-,36-35-,59-56-. The Labute approximate surface area is 481 Å². The molecule has 0 saturated heterocycles. The number of likely N-dealkylation sites (N-methyl/N-ethyl adjacent to an activating group) is 1. The lowest BCUT2D eigenvalue weighted by atomic mass is 10.0. The normalized spacial score (nSPS) is 14.3. The summed E-state index contributed by atoms with van der Waals surface area (Å²) >= 11 is 0. The van der Waals surface area contributed by atoms with Gasteiger partial charge in [-0.15, -0.1) is 0 Å². The van der Waals surface area contributed by atoms with Crippen molar-refractivity contribution in [3.8, 4) is 0 Å². The molecule has 450 valence electrons. The minimum absolute atomic E-state index is 0.0288. The molecule has 0 fully saturated rings. The van der Waals surface area contributed by atoms with Gasteiger partial charge < -0.3 is 28.5 Å². The topological polar surface area (TPSA) is 114 Å². The smallest absolute Gasteiger partial charge is 0.306 e. The number of phosphoric acid groups is 1. The molecule has 1 amide bonds. The molecule has 1 N–H and O–H groups in total. The second-order valence-corrected chi connectivity index (χ2v) is 23.9. The molecule has 0 bridgehead atoms. The molecule has 0 spiro atoms. The number of carbonyl (C=O) groups excluding carboxylic acids is 2. The molecule has 9 nitrogen and oxygen atoms in total. The Bertz CT molecular complexity index is 1660. The Kier molecular flexibility index (Phi) is 54.9. The lowest BCUT2D eigenvalue weighted by Gasteiger charge is -2.30. The third-order valence-electron chi connectivity index (χ3n) is 13.8. The molecule has 0 rings (SSSR count). The van der Waals surface area contributed by atoms with Crippen molar-refractivity contribution < 1.29 is 37.3 Å². The number of allylic oxidation sites excluding steroid dienone is 15. The zero-order valence-corrected chi connectivity index (χ0v) is 52.2. The van der Waals surface area contributed by atoms with Gasteiger partial charge in [-0.25, -0.2) is 0 Å². The van der Waals surface area contributed by atoms with Gasteiger partial charge >= 0.3 is 5.97 Å². The van der Waals surface area contributed by atoms with E-state index in [4.69, 9.17) is 13.8 Å². The Balaban J connectivity index is 5.18. The highest BCUT2D eigenvalue weighted by Gasteiger charge is 2.27. The molecule has 3 atom stereocenters. The molecule has 3 unspecified atom stereocenters. The second-order valence-electron chi connectivity index (χ2n) is 22.5. The monoisotopic (exact) mass is 1110 g/mol. The molecule has 0 aromatic carbocycles. The maximum absolute atomic E-state index is 13.6. The lowest BCUT2D eigenvalue weighted by molar-refractivity contribution is -0.870. The molecule has 0 aliphatic rings. The van der Waals surface area contributed by atoms with Crippen LogP contribution in [-0.4, -0.2) is 69.4 Å². The zero-order chi connectivity index (χ0) is 57.2. The number of unbranched alkanes of at least 4 members (excludes halogenated alkanes) is 27. The van der Waals surface area contributed by atoms with E-state index in [1.807, 2.05) is 33.3 Å². The van der Waals surface area contributed by atoms with Gasteiger partial charge in [0.2, 0.25) is 5.91 Å². The average Bonchev–Trinajstić information content (AvgIpc) is 3.40. The maximum Gasteiger partial charge on any atom is 0.306 e.